The monoisotopic (exact) mass is 536 g/mol. The van der Waals surface area contributed by atoms with Crippen molar-refractivity contribution in [2.75, 3.05) is 6.61 Å². The number of aliphatic hydroxyl groups is 3. The van der Waals surface area contributed by atoms with Crippen LogP contribution in [0.4, 0.5) is 0 Å². The third-order valence-corrected chi connectivity index (χ3v) is 5.25. The maximum atomic E-state index is 11.6. The molecule has 0 aliphatic carbocycles. The van der Waals surface area contributed by atoms with Crippen LogP contribution in [0, 0.1) is 0 Å². The van der Waals surface area contributed by atoms with Crippen molar-refractivity contribution in [1.82, 2.24) is 5.32 Å². The van der Waals surface area contributed by atoms with Crippen molar-refractivity contribution in [3.63, 3.8) is 0 Å². The molecule has 34 heavy (non-hydrogen) atoms. The van der Waals surface area contributed by atoms with Crippen molar-refractivity contribution >= 4 is 32.7 Å². The van der Waals surface area contributed by atoms with Crippen LogP contribution in [0.3, 0.4) is 0 Å². The summed E-state index contributed by atoms with van der Waals surface area (Å²) >= 11 is 0. The van der Waals surface area contributed by atoms with Crippen LogP contribution >= 0.6 is 0 Å². The molecule has 1 amide bonds. The van der Waals surface area contributed by atoms with Crippen LogP contribution in [-0.4, -0.2) is 109 Å². The van der Waals surface area contributed by atoms with Gasteiger partial charge in [-0.15, -0.1) is 0 Å². The minimum atomic E-state index is -5.59. The number of carboxylic acid groups (broad SMARTS) is 1. The number of hydrogen-bond acceptors (Lipinski definition) is 17. The van der Waals surface area contributed by atoms with Gasteiger partial charge in [-0.25, -0.2) is 16.8 Å². The largest absolute Gasteiger partial charge is 0.726 e. The molecule has 1 fully saturated rings. The second-order valence-electron chi connectivity index (χ2n) is 6.81. The molecule has 0 bridgehead atoms. The summed E-state index contributed by atoms with van der Waals surface area (Å²) in [5.41, 5.74) is 0. The number of hydrogen-bond donors (Lipinski definition) is 4. The third kappa shape index (κ3) is 7.51. The Morgan fingerprint density at radius 1 is 1.09 bits per heavy atom. The van der Waals surface area contributed by atoms with Crippen molar-refractivity contribution in [1.29, 1.82) is 0 Å². The molecule has 8 atom stereocenters. The van der Waals surface area contributed by atoms with E-state index >= 15 is 0 Å². The Balaban J connectivity index is 2.54. The summed E-state index contributed by atoms with van der Waals surface area (Å²) in [4.78, 5) is 22.7. The van der Waals surface area contributed by atoms with Crippen molar-refractivity contribution in [3.8, 4) is 0 Å². The number of carbonyl (C=O) groups is 2. The number of carboxylic acids is 1. The molecule has 0 radical (unpaired) electrons. The van der Waals surface area contributed by atoms with E-state index in [0.29, 0.717) is 6.08 Å². The van der Waals surface area contributed by atoms with E-state index in [2.05, 4.69) is 13.7 Å². The zero-order valence-corrected chi connectivity index (χ0v) is 18.4. The highest BCUT2D eigenvalue weighted by molar-refractivity contribution is 7.81. The van der Waals surface area contributed by atoms with Gasteiger partial charge in [0.15, 0.2) is 12.4 Å². The van der Waals surface area contributed by atoms with Crippen LogP contribution in [0.5, 0.6) is 0 Å². The normalized spacial score (nSPS) is 34.6. The van der Waals surface area contributed by atoms with Gasteiger partial charge >= 0.3 is 0 Å². The SMILES string of the molecule is CC(=O)N[C@H]1C(O)O[C@H](CO)[C@H](OS(=O)(=O)[O-])[C@@H]1OC1OC(C(=O)[O-])=C[C@H](O)[C@H]1OS(=O)(=O)[O-]. The Labute approximate surface area is 191 Å². The van der Waals surface area contributed by atoms with Gasteiger partial charge in [0.1, 0.15) is 42.2 Å². The first-order chi connectivity index (χ1) is 15.5. The van der Waals surface area contributed by atoms with Crippen LogP contribution in [0.1, 0.15) is 6.92 Å². The van der Waals surface area contributed by atoms with Crippen LogP contribution in [0.15, 0.2) is 11.8 Å². The first-order valence-corrected chi connectivity index (χ1v) is 11.6. The van der Waals surface area contributed by atoms with Gasteiger partial charge in [-0.3, -0.25) is 13.2 Å². The predicted molar refractivity (Wildman–Crippen MR) is 93.6 cm³/mol. The molecular formula is C14H18NO17S2-3. The van der Waals surface area contributed by atoms with Crippen molar-refractivity contribution in [3.05, 3.63) is 11.8 Å². The summed E-state index contributed by atoms with van der Waals surface area (Å²) in [5, 5.41) is 42.9. The van der Waals surface area contributed by atoms with Gasteiger partial charge in [-0.1, -0.05) is 0 Å². The summed E-state index contributed by atoms with van der Waals surface area (Å²) < 4.78 is 90.3. The molecule has 2 aliphatic rings. The van der Waals surface area contributed by atoms with E-state index in [0.717, 1.165) is 6.92 Å². The molecule has 0 spiro atoms. The summed E-state index contributed by atoms with van der Waals surface area (Å²) in [5.74, 6) is -4.08. The molecule has 2 aliphatic heterocycles. The molecule has 2 unspecified atom stereocenters. The predicted octanol–water partition coefficient (Wildman–Crippen LogP) is -6.37. The molecule has 4 N–H and O–H groups in total. The van der Waals surface area contributed by atoms with Gasteiger partial charge in [0, 0.05) is 6.92 Å². The lowest BCUT2D eigenvalue weighted by molar-refractivity contribution is -0.317. The molecule has 18 nitrogen and oxygen atoms in total. The van der Waals surface area contributed by atoms with E-state index in [9.17, 15) is 56.0 Å². The van der Waals surface area contributed by atoms with Crippen LogP contribution in [0.2, 0.25) is 0 Å². The van der Waals surface area contributed by atoms with Crippen LogP contribution < -0.4 is 10.4 Å². The van der Waals surface area contributed by atoms with E-state index in [1.807, 2.05) is 0 Å². The lowest BCUT2D eigenvalue weighted by Crippen LogP contribution is -2.67. The quantitative estimate of drug-likeness (QED) is 0.157. The Morgan fingerprint density at radius 2 is 1.65 bits per heavy atom. The smallest absolute Gasteiger partial charge is 0.231 e. The Hall–Kier alpha value is -1.98. The number of ether oxygens (including phenoxy) is 3. The van der Waals surface area contributed by atoms with Gasteiger partial charge in [-0.05, 0) is 6.08 Å². The fourth-order valence-corrected chi connectivity index (χ4v) is 4.11. The zero-order chi connectivity index (χ0) is 26.0. The van der Waals surface area contributed by atoms with E-state index < -0.39 is 94.2 Å². The van der Waals surface area contributed by atoms with E-state index in [1.165, 1.54) is 0 Å². The average Bonchev–Trinajstić information content (AvgIpc) is 2.66. The second-order valence-corrected chi connectivity index (χ2v) is 8.83. The molecule has 0 aromatic carbocycles. The molecule has 0 saturated carbocycles. The molecule has 2 heterocycles. The number of amides is 1. The Morgan fingerprint density at radius 3 is 2.12 bits per heavy atom. The fourth-order valence-electron chi connectivity index (χ4n) is 3.13. The van der Waals surface area contributed by atoms with Gasteiger partial charge < -0.3 is 53.9 Å². The summed E-state index contributed by atoms with van der Waals surface area (Å²) in [6.07, 6.45) is -14.7. The summed E-state index contributed by atoms with van der Waals surface area (Å²) in [6.45, 7) is -0.174. The van der Waals surface area contributed by atoms with Crippen LogP contribution in [0.25, 0.3) is 0 Å². The fraction of sp³-hybridized carbons (Fsp3) is 0.714. The van der Waals surface area contributed by atoms with Crippen LogP contribution in [-0.2, 0) is 53.0 Å². The standard InChI is InChI=1S/C14H21NO17S2/c1-4(17)15-8-11(10(32-34(25,26)27)7(3-16)28-13(8)21)30-14-9(31-33(22,23)24)5(18)2-6(29-14)12(19)20/h2,5,7-11,13-14,16,18,21H,3H2,1H3,(H,15,17)(H,19,20)(H,22,23,24)(H,25,26,27)/p-3/t5-,7+,8+,9+,10-,11+,13?,14?/m0/s1. The minimum Gasteiger partial charge on any atom is -0.726 e. The first-order valence-electron chi connectivity index (χ1n) is 8.95. The van der Waals surface area contributed by atoms with E-state index in [1.54, 1.807) is 0 Å². The third-order valence-electron chi connectivity index (χ3n) is 4.34. The maximum Gasteiger partial charge on any atom is 0.231 e. The second kappa shape index (κ2) is 10.7. The van der Waals surface area contributed by atoms with Crippen molar-refractivity contribution in [2.45, 2.75) is 56.1 Å². The number of carbonyl (C=O) groups excluding carboxylic acids is 2. The number of rotatable bonds is 9. The van der Waals surface area contributed by atoms with Gasteiger partial charge in [0.05, 0.1) is 6.61 Å². The molecule has 196 valence electrons. The van der Waals surface area contributed by atoms with E-state index in [-0.39, 0.29) is 0 Å². The topological polar surface area (TPSA) is 290 Å². The molecule has 1 saturated heterocycles. The van der Waals surface area contributed by atoms with Crippen molar-refractivity contribution in [2.24, 2.45) is 0 Å². The average molecular weight is 536 g/mol. The molecule has 20 heteroatoms. The Bertz CT molecular complexity index is 1010. The highest BCUT2D eigenvalue weighted by Gasteiger charge is 2.51. The Kier molecular flexibility index (Phi) is 8.93. The summed E-state index contributed by atoms with van der Waals surface area (Å²) in [6, 6.07) is -1.82. The molecule has 0 aromatic heterocycles. The zero-order valence-electron chi connectivity index (χ0n) is 16.8. The van der Waals surface area contributed by atoms with E-state index in [4.69, 9.17) is 14.2 Å². The van der Waals surface area contributed by atoms with Gasteiger partial charge in [0.2, 0.25) is 33.0 Å². The number of nitrogens with one attached hydrogen (secondary N) is 1. The lowest BCUT2D eigenvalue weighted by atomic mass is 9.96. The molecule has 2 rings (SSSR count). The van der Waals surface area contributed by atoms with Gasteiger partial charge in [0.25, 0.3) is 0 Å². The lowest BCUT2D eigenvalue weighted by Gasteiger charge is -2.46. The number of aliphatic carboxylic acids is 1. The highest BCUT2D eigenvalue weighted by Crippen LogP contribution is 2.31. The van der Waals surface area contributed by atoms with Crippen molar-refractivity contribution < 1.29 is 78.5 Å². The molecular weight excluding hydrogens is 518 g/mol. The molecule has 0 aromatic rings. The summed E-state index contributed by atoms with van der Waals surface area (Å²) in [7, 11) is -11.2. The maximum absolute atomic E-state index is 11.6. The minimum absolute atomic E-state index is 0.391. The first kappa shape index (κ1) is 28.3. The van der Waals surface area contributed by atoms with Gasteiger partial charge in [-0.2, -0.15) is 0 Å². The highest BCUT2D eigenvalue weighted by atomic mass is 32.3. The number of aliphatic hydroxyl groups excluding tert-OH is 3.